The van der Waals surface area contributed by atoms with Gasteiger partial charge in [0.25, 0.3) is 0 Å². The number of nitrogens with one attached hydrogen (secondary N) is 1. The van der Waals surface area contributed by atoms with Crippen LogP contribution in [0.5, 0.6) is 5.75 Å². The van der Waals surface area contributed by atoms with E-state index in [0.29, 0.717) is 5.56 Å². The molecule has 1 aromatic heterocycles. The van der Waals surface area contributed by atoms with E-state index in [-0.39, 0.29) is 39.6 Å². The Kier molecular flexibility index (Phi) is 3.43. The van der Waals surface area contributed by atoms with Crippen LogP contribution in [0.4, 0.5) is 5.69 Å². The van der Waals surface area contributed by atoms with Crippen LogP contribution >= 0.6 is 0 Å². The highest BCUT2D eigenvalue weighted by molar-refractivity contribution is 6.32. The second-order valence-corrected chi connectivity index (χ2v) is 5.82. The third-order valence-corrected chi connectivity index (χ3v) is 4.12. The van der Waals surface area contributed by atoms with Gasteiger partial charge in [-0.15, -0.1) is 0 Å². The quantitative estimate of drug-likeness (QED) is 0.539. The summed E-state index contributed by atoms with van der Waals surface area (Å²) >= 11 is 0. The highest BCUT2D eigenvalue weighted by Crippen LogP contribution is 2.40. The van der Waals surface area contributed by atoms with E-state index >= 15 is 0 Å². The summed E-state index contributed by atoms with van der Waals surface area (Å²) in [5.41, 5.74) is 0.701. The lowest BCUT2D eigenvalue weighted by Crippen LogP contribution is -2.23. The molecule has 3 aromatic rings. The van der Waals surface area contributed by atoms with Gasteiger partial charge in [-0.2, -0.15) is 0 Å². The number of phenols is 1. The molecule has 2 N–H and O–H groups in total. The number of carbonyl (C=O) groups is 3. The number of aromatic nitrogens is 1. The van der Waals surface area contributed by atoms with Gasteiger partial charge in [0.2, 0.25) is 23.2 Å². The third-order valence-electron chi connectivity index (χ3n) is 4.12. The number of ketones is 2. The number of anilines is 1. The molecule has 0 spiro atoms. The van der Waals surface area contributed by atoms with Gasteiger partial charge in [0.1, 0.15) is 17.0 Å². The summed E-state index contributed by atoms with van der Waals surface area (Å²) in [5.74, 6) is -2.17. The minimum absolute atomic E-state index is 0.00368. The van der Waals surface area contributed by atoms with Gasteiger partial charge in [-0.25, -0.2) is 0 Å². The van der Waals surface area contributed by atoms with Crippen LogP contribution in [0.1, 0.15) is 39.0 Å². The maximum Gasteiger partial charge on any atom is 0.234 e. The average Bonchev–Trinajstić information content (AvgIpc) is 3.07. The van der Waals surface area contributed by atoms with E-state index in [1.807, 2.05) is 6.07 Å². The summed E-state index contributed by atoms with van der Waals surface area (Å²) in [7, 11) is 0. The molecule has 0 unspecified atom stereocenters. The Hall–Kier alpha value is -3.74. The number of carbonyl (C=O) groups excluding carboxylic acids is 3. The fourth-order valence-corrected chi connectivity index (χ4v) is 3.04. The number of hydrogen-bond donors (Lipinski definition) is 2. The van der Waals surface area contributed by atoms with Crippen LogP contribution in [0.25, 0.3) is 11.3 Å². The van der Waals surface area contributed by atoms with E-state index in [2.05, 4.69) is 10.5 Å². The first-order valence-corrected chi connectivity index (χ1v) is 7.77. The van der Waals surface area contributed by atoms with Crippen LogP contribution in [-0.2, 0) is 4.79 Å². The molecule has 128 valence electrons. The molecule has 0 bridgehead atoms. The van der Waals surface area contributed by atoms with E-state index in [0.717, 1.165) is 0 Å². The maximum atomic E-state index is 13.0. The molecular weight excluding hydrogens is 336 g/mol. The first-order valence-electron chi connectivity index (χ1n) is 7.77. The molecule has 7 heteroatoms. The van der Waals surface area contributed by atoms with E-state index in [4.69, 9.17) is 4.52 Å². The monoisotopic (exact) mass is 348 g/mol. The molecular formula is C19H12N2O5. The predicted molar refractivity (Wildman–Crippen MR) is 91.2 cm³/mol. The van der Waals surface area contributed by atoms with E-state index in [1.54, 1.807) is 24.3 Å². The van der Waals surface area contributed by atoms with Gasteiger partial charge in [-0.3, -0.25) is 14.4 Å². The highest BCUT2D eigenvalue weighted by Gasteiger charge is 2.40. The molecule has 0 radical (unpaired) electrons. The number of fused-ring (bicyclic) bond motifs is 2. The Labute approximate surface area is 147 Å². The molecule has 1 heterocycles. The SMILES string of the molecule is CC(=O)Nc1ccc(O)c2c1C(=O)c1onc(-c3ccccc3)c1C2=O. The standard InChI is InChI=1S/C19H12N2O5/c1-9(22)20-11-7-8-12(23)14-13(11)18(25)19-15(17(14)24)16(21-26-19)10-5-3-2-4-6-10/h2-8,23H,1H3,(H,20,22). The fourth-order valence-electron chi connectivity index (χ4n) is 3.04. The summed E-state index contributed by atoms with van der Waals surface area (Å²) in [6.45, 7) is 1.28. The molecule has 0 atom stereocenters. The van der Waals surface area contributed by atoms with Crippen molar-refractivity contribution in [1.29, 1.82) is 0 Å². The van der Waals surface area contributed by atoms with Crippen LogP contribution in [0.15, 0.2) is 47.0 Å². The molecule has 1 aliphatic carbocycles. The van der Waals surface area contributed by atoms with Crippen LogP contribution < -0.4 is 5.32 Å². The number of rotatable bonds is 2. The highest BCUT2D eigenvalue weighted by atomic mass is 16.5. The van der Waals surface area contributed by atoms with Crippen molar-refractivity contribution in [2.24, 2.45) is 0 Å². The molecule has 26 heavy (non-hydrogen) atoms. The van der Waals surface area contributed by atoms with Gasteiger partial charge in [-0.1, -0.05) is 35.5 Å². The predicted octanol–water partition coefficient (Wildman–Crippen LogP) is 2.78. The lowest BCUT2D eigenvalue weighted by atomic mass is 9.84. The smallest absolute Gasteiger partial charge is 0.234 e. The zero-order valence-corrected chi connectivity index (χ0v) is 13.6. The van der Waals surface area contributed by atoms with Gasteiger partial charge < -0.3 is 14.9 Å². The lowest BCUT2D eigenvalue weighted by molar-refractivity contribution is -0.114. The van der Waals surface area contributed by atoms with E-state index in [1.165, 1.54) is 19.1 Å². The third kappa shape index (κ3) is 2.21. The molecule has 1 aliphatic rings. The number of aromatic hydroxyl groups is 1. The Balaban J connectivity index is 1.96. The normalized spacial score (nSPS) is 12.5. The van der Waals surface area contributed by atoms with Crippen molar-refractivity contribution in [1.82, 2.24) is 5.16 Å². The zero-order valence-electron chi connectivity index (χ0n) is 13.6. The van der Waals surface area contributed by atoms with Gasteiger partial charge in [0.15, 0.2) is 0 Å². The zero-order chi connectivity index (χ0) is 18.4. The number of phenolic OH excluding ortho intramolecular Hbond substituents is 1. The van der Waals surface area contributed by atoms with Crippen molar-refractivity contribution in [2.75, 3.05) is 5.32 Å². The molecule has 0 saturated heterocycles. The minimum atomic E-state index is -0.621. The Morgan fingerprint density at radius 3 is 2.42 bits per heavy atom. The molecule has 0 saturated carbocycles. The molecule has 4 rings (SSSR count). The van der Waals surface area contributed by atoms with Crippen LogP contribution in [0, 0.1) is 0 Å². The second-order valence-electron chi connectivity index (χ2n) is 5.82. The lowest BCUT2D eigenvalue weighted by Gasteiger charge is -2.18. The summed E-state index contributed by atoms with van der Waals surface area (Å²) in [6, 6.07) is 11.4. The van der Waals surface area contributed by atoms with Crippen LogP contribution in [-0.4, -0.2) is 27.7 Å². The molecule has 7 nitrogen and oxygen atoms in total. The maximum absolute atomic E-state index is 13.0. The molecule has 1 amide bonds. The largest absolute Gasteiger partial charge is 0.507 e. The van der Waals surface area contributed by atoms with Crippen molar-refractivity contribution in [3.63, 3.8) is 0 Å². The van der Waals surface area contributed by atoms with Gasteiger partial charge >= 0.3 is 0 Å². The summed E-state index contributed by atoms with van der Waals surface area (Å²) < 4.78 is 5.17. The number of hydrogen-bond acceptors (Lipinski definition) is 6. The van der Waals surface area contributed by atoms with Crippen LogP contribution in [0.2, 0.25) is 0 Å². The van der Waals surface area contributed by atoms with E-state index < -0.39 is 17.5 Å². The first-order chi connectivity index (χ1) is 12.5. The Bertz CT molecular complexity index is 1080. The van der Waals surface area contributed by atoms with Crippen molar-refractivity contribution in [3.8, 4) is 17.0 Å². The molecule has 2 aromatic carbocycles. The Morgan fingerprint density at radius 1 is 1.00 bits per heavy atom. The fraction of sp³-hybridized carbons (Fsp3) is 0.0526. The van der Waals surface area contributed by atoms with Crippen molar-refractivity contribution in [2.45, 2.75) is 6.92 Å². The minimum Gasteiger partial charge on any atom is -0.507 e. The molecule has 0 aliphatic heterocycles. The number of nitrogens with zero attached hydrogens (tertiary/aromatic N) is 1. The van der Waals surface area contributed by atoms with Gasteiger partial charge in [0, 0.05) is 12.5 Å². The van der Waals surface area contributed by atoms with Gasteiger partial charge in [0.05, 0.1) is 16.8 Å². The second kappa shape index (κ2) is 5.66. The summed E-state index contributed by atoms with van der Waals surface area (Å²) in [5, 5.41) is 16.6. The first kappa shape index (κ1) is 15.8. The summed E-state index contributed by atoms with van der Waals surface area (Å²) in [6.07, 6.45) is 0. The van der Waals surface area contributed by atoms with Crippen LogP contribution in [0.3, 0.4) is 0 Å². The van der Waals surface area contributed by atoms with Crippen molar-refractivity contribution < 1.29 is 24.0 Å². The topological polar surface area (TPSA) is 110 Å². The number of benzene rings is 2. The van der Waals surface area contributed by atoms with E-state index in [9.17, 15) is 19.5 Å². The Morgan fingerprint density at radius 2 is 1.73 bits per heavy atom. The molecule has 0 fully saturated rings. The summed E-state index contributed by atoms with van der Waals surface area (Å²) in [4.78, 5) is 37.3. The van der Waals surface area contributed by atoms with Crippen molar-refractivity contribution in [3.05, 3.63) is 64.9 Å². The number of amides is 1. The van der Waals surface area contributed by atoms with Gasteiger partial charge in [-0.05, 0) is 12.1 Å². The average molecular weight is 348 g/mol. The van der Waals surface area contributed by atoms with Crippen molar-refractivity contribution >= 4 is 23.2 Å².